The highest BCUT2D eigenvalue weighted by Crippen LogP contribution is 2.17. The number of anilines is 1. The fourth-order valence-electron chi connectivity index (χ4n) is 4.79. The van der Waals surface area contributed by atoms with E-state index in [0.29, 0.717) is 31.9 Å². The lowest BCUT2D eigenvalue weighted by molar-refractivity contribution is -0.137. The van der Waals surface area contributed by atoms with Crippen LogP contribution in [0.1, 0.15) is 25.8 Å². The van der Waals surface area contributed by atoms with Crippen molar-refractivity contribution in [2.75, 3.05) is 51.7 Å². The number of amides is 3. The lowest BCUT2D eigenvalue weighted by Gasteiger charge is -2.37. The van der Waals surface area contributed by atoms with Crippen LogP contribution in [0.15, 0.2) is 41.3 Å². The van der Waals surface area contributed by atoms with Crippen molar-refractivity contribution in [3.63, 3.8) is 0 Å². The summed E-state index contributed by atoms with van der Waals surface area (Å²) in [5, 5.41) is 2.68. The predicted molar refractivity (Wildman–Crippen MR) is 144 cm³/mol. The van der Waals surface area contributed by atoms with Crippen LogP contribution in [-0.4, -0.2) is 100 Å². The predicted octanol–water partition coefficient (Wildman–Crippen LogP) is 0.194. The summed E-state index contributed by atoms with van der Waals surface area (Å²) >= 11 is 0. The third-order valence-corrected chi connectivity index (χ3v) is 7.06. The van der Waals surface area contributed by atoms with Crippen molar-refractivity contribution in [3.05, 3.63) is 52.6 Å². The molecule has 3 amide bonds. The summed E-state index contributed by atoms with van der Waals surface area (Å²) in [6, 6.07) is 9.02. The highest BCUT2D eigenvalue weighted by Gasteiger charge is 2.31. The molecule has 2 aromatic rings. The topological polar surface area (TPSA) is 152 Å². The Morgan fingerprint density at radius 1 is 1.08 bits per heavy atom. The Hall–Kier alpha value is -3.32. The zero-order valence-corrected chi connectivity index (χ0v) is 22.3. The number of urea groups is 1. The molecule has 0 saturated carbocycles. The van der Waals surface area contributed by atoms with Crippen molar-refractivity contribution >= 4 is 17.8 Å². The molecule has 12 nitrogen and oxygen atoms in total. The van der Waals surface area contributed by atoms with Crippen LogP contribution in [0.25, 0.3) is 5.69 Å². The number of methoxy groups -OCH3 is 1. The number of ether oxygens (including phenoxy) is 1. The normalized spacial score (nSPS) is 20.9. The Balaban J connectivity index is 1.32. The number of carbonyl (C=O) groups excluding carboxylic acids is 2. The fraction of sp³-hybridized carbons (Fsp3) is 0.538. The van der Waals surface area contributed by atoms with E-state index in [1.807, 2.05) is 24.3 Å². The number of aromatic nitrogens is 2. The van der Waals surface area contributed by atoms with Gasteiger partial charge in [0.25, 0.3) is 0 Å². The first-order valence-corrected chi connectivity index (χ1v) is 12.9. The Kier molecular flexibility index (Phi) is 8.46. The summed E-state index contributed by atoms with van der Waals surface area (Å²) in [5.74, 6) is 0.0253. The number of hydrogen-bond acceptors (Lipinski definition) is 8. The smallest absolute Gasteiger partial charge is 0.354 e. The number of nitrogens with zero attached hydrogens (tertiary/aromatic N) is 5. The molecule has 1 unspecified atom stereocenters. The molecule has 0 bridgehead atoms. The summed E-state index contributed by atoms with van der Waals surface area (Å²) in [6.07, 6.45) is 2.52. The zero-order valence-electron chi connectivity index (χ0n) is 22.3. The maximum absolute atomic E-state index is 12.7. The molecule has 12 heteroatoms. The van der Waals surface area contributed by atoms with Crippen LogP contribution in [0.2, 0.25) is 0 Å². The van der Waals surface area contributed by atoms with E-state index in [4.69, 9.17) is 16.2 Å². The minimum absolute atomic E-state index is 0.0315. The van der Waals surface area contributed by atoms with E-state index in [1.54, 1.807) is 43.0 Å². The minimum atomic E-state index is -0.950. The first-order chi connectivity index (χ1) is 18.0. The van der Waals surface area contributed by atoms with Gasteiger partial charge in [-0.1, -0.05) is 12.1 Å². The summed E-state index contributed by atoms with van der Waals surface area (Å²) in [7, 11) is 1.69. The van der Waals surface area contributed by atoms with Crippen LogP contribution in [0, 0.1) is 0 Å². The molecular formula is C26H38N8O4. The van der Waals surface area contributed by atoms with Crippen LogP contribution in [-0.2, 0) is 16.1 Å². The Labute approximate surface area is 222 Å². The Morgan fingerprint density at radius 3 is 2.34 bits per heavy atom. The van der Waals surface area contributed by atoms with Crippen molar-refractivity contribution < 1.29 is 14.3 Å². The number of benzene rings is 1. The molecule has 1 aromatic heterocycles. The Morgan fingerprint density at radius 2 is 1.74 bits per heavy atom. The number of likely N-dealkylation sites (tertiary alicyclic amines) is 1. The van der Waals surface area contributed by atoms with Gasteiger partial charge in [-0.3, -0.25) is 19.6 Å². The van der Waals surface area contributed by atoms with Crippen LogP contribution in [0.3, 0.4) is 0 Å². The molecule has 206 valence electrons. The molecule has 1 aromatic carbocycles. The van der Waals surface area contributed by atoms with Gasteiger partial charge in [-0.25, -0.2) is 9.59 Å². The second-order valence-electron chi connectivity index (χ2n) is 10.5. The standard InChI is InChI=1S/C26H38N8O4/c1-26(2,28)23(35)32-12-14-33(15-13-32)24(36)29-22-9-11-34(25(37)30-22)19-6-4-18(5-7-19)16-31-10-8-20(27)21(17-31)38-3/h4-7,9,11,20-21H,8,10,12-17,27-28H2,1-3H3,(H,29,30,36,37)/t20?,21-/m0/s1. The second kappa shape index (κ2) is 11.6. The average Bonchev–Trinajstić information content (AvgIpc) is 2.89. The van der Waals surface area contributed by atoms with Crippen molar-refractivity contribution in [1.82, 2.24) is 24.3 Å². The molecule has 2 aliphatic heterocycles. The maximum Gasteiger partial charge on any atom is 0.354 e. The van der Waals surface area contributed by atoms with Crippen molar-refractivity contribution in [1.29, 1.82) is 0 Å². The van der Waals surface area contributed by atoms with E-state index in [0.717, 1.165) is 31.6 Å². The van der Waals surface area contributed by atoms with E-state index < -0.39 is 11.2 Å². The first-order valence-electron chi connectivity index (χ1n) is 12.9. The fourth-order valence-corrected chi connectivity index (χ4v) is 4.79. The number of piperidine rings is 1. The van der Waals surface area contributed by atoms with Crippen molar-refractivity contribution in [2.45, 2.75) is 44.5 Å². The molecule has 4 rings (SSSR count). The number of piperazine rings is 1. The van der Waals surface area contributed by atoms with E-state index in [9.17, 15) is 14.4 Å². The number of nitrogens with two attached hydrogens (primary N) is 2. The summed E-state index contributed by atoms with van der Waals surface area (Å²) < 4.78 is 6.92. The van der Waals surface area contributed by atoms with Gasteiger partial charge in [0.1, 0.15) is 5.82 Å². The van der Waals surface area contributed by atoms with Crippen molar-refractivity contribution in [3.8, 4) is 5.69 Å². The monoisotopic (exact) mass is 526 g/mol. The summed E-state index contributed by atoms with van der Waals surface area (Å²) in [5.41, 5.74) is 12.4. The highest BCUT2D eigenvalue weighted by molar-refractivity contribution is 5.89. The van der Waals surface area contributed by atoms with Gasteiger partial charge in [0, 0.05) is 65.2 Å². The molecule has 2 atom stereocenters. The molecule has 2 aliphatic rings. The molecule has 3 heterocycles. The molecule has 2 saturated heterocycles. The number of rotatable bonds is 6. The molecule has 2 fully saturated rings. The third-order valence-electron chi connectivity index (χ3n) is 7.06. The van der Waals surface area contributed by atoms with Crippen LogP contribution < -0.4 is 22.5 Å². The first kappa shape index (κ1) is 27.7. The van der Waals surface area contributed by atoms with Gasteiger partial charge in [0.05, 0.1) is 17.3 Å². The summed E-state index contributed by atoms with van der Waals surface area (Å²) in [4.78, 5) is 47.3. The molecule has 0 aliphatic carbocycles. The van der Waals surface area contributed by atoms with Gasteiger partial charge in [0.15, 0.2) is 0 Å². The van der Waals surface area contributed by atoms with Gasteiger partial charge in [0.2, 0.25) is 5.91 Å². The molecule has 0 radical (unpaired) electrons. The zero-order chi connectivity index (χ0) is 27.4. The largest absolute Gasteiger partial charge is 0.379 e. The highest BCUT2D eigenvalue weighted by atomic mass is 16.5. The number of hydrogen-bond donors (Lipinski definition) is 3. The lowest BCUT2D eigenvalue weighted by Crippen LogP contribution is -2.58. The quantitative estimate of drug-likeness (QED) is 0.483. The number of carbonyl (C=O) groups is 2. The van der Waals surface area contributed by atoms with Gasteiger partial charge in [-0.15, -0.1) is 0 Å². The van der Waals surface area contributed by atoms with Gasteiger partial charge >= 0.3 is 11.7 Å². The molecule has 38 heavy (non-hydrogen) atoms. The third kappa shape index (κ3) is 6.57. The minimum Gasteiger partial charge on any atom is -0.379 e. The van der Waals surface area contributed by atoms with Gasteiger partial charge in [-0.05, 0) is 44.0 Å². The lowest BCUT2D eigenvalue weighted by atomic mass is 10.0. The van der Waals surface area contributed by atoms with Crippen LogP contribution in [0.5, 0.6) is 0 Å². The second-order valence-corrected chi connectivity index (χ2v) is 10.5. The van der Waals surface area contributed by atoms with E-state index in [-0.39, 0.29) is 29.9 Å². The average molecular weight is 527 g/mol. The maximum atomic E-state index is 12.7. The molecule has 0 spiro atoms. The van der Waals surface area contributed by atoms with E-state index >= 15 is 0 Å². The van der Waals surface area contributed by atoms with Crippen LogP contribution >= 0.6 is 0 Å². The van der Waals surface area contributed by atoms with Gasteiger partial charge in [-0.2, -0.15) is 4.98 Å². The molecule has 5 N–H and O–H groups in total. The Bertz CT molecular complexity index is 1180. The SMILES string of the molecule is CO[C@H]1CN(Cc2ccc(-n3ccc(NC(=O)N4CCN(C(=O)C(C)(C)N)CC4)nc3=O)cc2)CCC1N. The van der Waals surface area contributed by atoms with Crippen LogP contribution in [0.4, 0.5) is 10.6 Å². The molecular weight excluding hydrogens is 488 g/mol. The summed E-state index contributed by atoms with van der Waals surface area (Å²) in [6.45, 7) is 7.35. The van der Waals surface area contributed by atoms with E-state index in [1.165, 1.54) is 4.57 Å². The van der Waals surface area contributed by atoms with Crippen molar-refractivity contribution in [2.24, 2.45) is 11.5 Å². The van der Waals surface area contributed by atoms with Gasteiger partial charge < -0.3 is 26.0 Å². The van der Waals surface area contributed by atoms with E-state index in [2.05, 4.69) is 15.2 Å². The number of nitrogens with one attached hydrogen (secondary N) is 1.